The highest BCUT2D eigenvalue weighted by atomic mass is 32.2. The van der Waals surface area contributed by atoms with Crippen molar-refractivity contribution in [3.05, 3.63) is 40.6 Å². The molecule has 1 heterocycles. The molecule has 0 saturated carbocycles. The zero-order valence-electron chi connectivity index (χ0n) is 10.3. The molecule has 0 spiro atoms. The Bertz CT molecular complexity index is 750. The number of aromatic nitrogens is 2. The number of hydrogen-bond acceptors (Lipinski definition) is 6. The van der Waals surface area contributed by atoms with Crippen LogP contribution in [0.5, 0.6) is 0 Å². The molecule has 10 heteroatoms. The molecule has 0 bridgehead atoms. The molecule has 0 aliphatic rings. The third-order valence-corrected chi connectivity index (χ3v) is 3.91. The Kier molecular flexibility index (Phi) is 3.32. The van der Waals surface area contributed by atoms with Gasteiger partial charge in [-0.2, -0.15) is 9.55 Å². The molecular formula is C10H11N5O4S. The lowest BCUT2D eigenvalue weighted by Crippen LogP contribution is -2.16. The number of nitrogens with one attached hydrogen (secondary N) is 1. The van der Waals surface area contributed by atoms with Crippen molar-refractivity contribution in [3.8, 4) is 0 Å². The minimum absolute atomic E-state index is 0.0163. The zero-order valence-corrected chi connectivity index (χ0v) is 11.2. The normalized spacial score (nSPS) is 11.2. The first-order valence-corrected chi connectivity index (χ1v) is 6.84. The van der Waals surface area contributed by atoms with Crippen LogP contribution >= 0.6 is 0 Å². The Morgan fingerprint density at radius 1 is 1.35 bits per heavy atom. The summed E-state index contributed by atoms with van der Waals surface area (Å²) >= 11 is 0. The molecule has 0 unspecified atom stereocenters. The molecule has 0 fully saturated rings. The molecule has 9 nitrogen and oxygen atoms in total. The first-order chi connectivity index (χ1) is 9.31. The van der Waals surface area contributed by atoms with Crippen molar-refractivity contribution in [2.75, 3.05) is 10.5 Å². The number of benzene rings is 1. The number of hydrogen-bond donors (Lipinski definition) is 2. The van der Waals surface area contributed by atoms with E-state index in [1.54, 1.807) is 0 Å². The topological polar surface area (TPSA) is 133 Å². The van der Waals surface area contributed by atoms with Gasteiger partial charge in [-0.1, -0.05) is 0 Å². The van der Waals surface area contributed by atoms with Gasteiger partial charge in [0.15, 0.2) is 0 Å². The largest absolute Gasteiger partial charge is 0.399 e. The highest BCUT2D eigenvalue weighted by Crippen LogP contribution is 2.19. The highest BCUT2D eigenvalue weighted by molar-refractivity contribution is 7.92. The average Bonchev–Trinajstić information content (AvgIpc) is 2.71. The van der Waals surface area contributed by atoms with Crippen LogP contribution in [0, 0.1) is 10.1 Å². The number of sulfonamides is 1. The summed E-state index contributed by atoms with van der Waals surface area (Å²) in [6.45, 7) is 0. The minimum Gasteiger partial charge on any atom is -0.399 e. The Morgan fingerprint density at radius 3 is 2.45 bits per heavy atom. The van der Waals surface area contributed by atoms with Crippen molar-refractivity contribution in [2.24, 2.45) is 7.05 Å². The summed E-state index contributed by atoms with van der Waals surface area (Å²) in [5, 5.41) is 10.7. The summed E-state index contributed by atoms with van der Waals surface area (Å²) < 4.78 is 27.4. The van der Waals surface area contributed by atoms with E-state index in [0.717, 1.165) is 10.8 Å². The fourth-order valence-electron chi connectivity index (χ4n) is 1.49. The summed E-state index contributed by atoms with van der Waals surface area (Å²) in [6, 6.07) is 5.54. The zero-order chi connectivity index (χ0) is 14.9. The molecule has 2 rings (SSSR count). The number of nitrogens with zero attached hydrogens (tertiary/aromatic N) is 3. The second-order valence-electron chi connectivity index (χ2n) is 3.93. The first kappa shape index (κ1) is 13.8. The molecule has 0 amide bonds. The van der Waals surface area contributed by atoms with Crippen LogP contribution in [-0.4, -0.2) is 22.9 Å². The van der Waals surface area contributed by atoms with Crippen molar-refractivity contribution in [3.63, 3.8) is 0 Å². The monoisotopic (exact) mass is 297 g/mol. The third-order valence-electron chi connectivity index (χ3n) is 2.57. The fraction of sp³-hybridized carbons (Fsp3) is 0.100. The summed E-state index contributed by atoms with van der Waals surface area (Å²) in [4.78, 5) is 13.7. The number of anilines is 2. The molecule has 1 aromatic carbocycles. The highest BCUT2D eigenvalue weighted by Gasteiger charge is 2.22. The smallest absolute Gasteiger partial charge is 0.344 e. The second kappa shape index (κ2) is 4.81. The molecule has 0 aliphatic heterocycles. The van der Waals surface area contributed by atoms with E-state index in [4.69, 9.17) is 5.73 Å². The van der Waals surface area contributed by atoms with Crippen LogP contribution in [0.1, 0.15) is 0 Å². The van der Waals surface area contributed by atoms with Crippen molar-refractivity contribution < 1.29 is 13.3 Å². The van der Waals surface area contributed by atoms with Crippen LogP contribution in [0.25, 0.3) is 0 Å². The Morgan fingerprint density at radius 2 is 1.95 bits per heavy atom. The molecule has 106 valence electrons. The van der Waals surface area contributed by atoms with Crippen molar-refractivity contribution in [2.45, 2.75) is 4.90 Å². The van der Waals surface area contributed by atoms with Gasteiger partial charge in [-0.3, -0.25) is 0 Å². The van der Waals surface area contributed by atoms with E-state index in [2.05, 4.69) is 9.71 Å². The lowest BCUT2D eigenvalue weighted by molar-refractivity contribution is -0.391. The Balaban J connectivity index is 2.33. The maximum absolute atomic E-state index is 12.1. The Hall–Kier alpha value is -2.62. The summed E-state index contributed by atoms with van der Waals surface area (Å²) in [7, 11) is -2.54. The van der Waals surface area contributed by atoms with Gasteiger partial charge >= 0.3 is 11.8 Å². The molecule has 0 radical (unpaired) electrons. The van der Waals surface area contributed by atoms with Crippen LogP contribution in [0.2, 0.25) is 0 Å². The van der Waals surface area contributed by atoms with E-state index in [0.29, 0.717) is 5.69 Å². The van der Waals surface area contributed by atoms with Gasteiger partial charge < -0.3 is 15.8 Å². The van der Waals surface area contributed by atoms with Gasteiger partial charge in [0.25, 0.3) is 10.0 Å². The van der Waals surface area contributed by atoms with Crippen LogP contribution in [-0.2, 0) is 17.1 Å². The maximum atomic E-state index is 12.1. The molecular weight excluding hydrogens is 286 g/mol. The standard InChI is InChI=1S/C10H11N5O4S/c1-14-9(15(16)17)6-12-10(14)13-20(18,19)8-4-2-7(11)3-5-8/h2-6H,11H2,1H3,(H,12,13). The lowest BCUT2D eigenvalue weighted by atomic mass is 10.3. The molecule has 3 N–H and O–H groups in total. The molecule has 0 saturated heterocycles. The van der Waals surface area contributed by atoms with Gasteiger partial charge in [0, 0.05) is 5.69 Å². The van der Waals surface area contributed by atoms with Crippen LogP contribution in [0.15, 0.2) is 35.4 Å². The minimum atomic E-state index is -3.88. The third kappa shape index (κ3) is 2.54. The van der Waals surface area contributed by atoms with E-state index in [9.17, 15) is 18.5 Å². The van der Waals surface area contributed by atoms with E-state index in [1.165, 1.54) is 31.3 Å². The average molecular weight is 297 g/mol. The quantitative estimate of drug-likeness (QED) is 0.485. The summed E-state index contributed by atoms with van der Waals surface area (Å²) in [5.74, 6) is -0.464. The molecule has 0 atom stereocenters. The van der Waals surface area contributed by atoms with E-state index < -0.39 is 14.9 Å². The second-order valence-corrected chi connectivity index (χ2v) is 5.61. The molecule has 20 heavy (non-hydrogen) atoms. The van der Waals surface area contributed by atoms with Gasteiger partial charge in [0.2, 0.25) is 0 Å². The van der Waals surface area contributed by atoms with Crippen molar-refractivity contribution in [1.29, 1.82) is 0 Å². The molecule has 2 aromatic rings. The van der Waals surface area contributed by atoms with Crippen molar-refractivity contribution in [1.82, 2.24) is 9.55 Å². The first-order valence-electron chi connectivity index (χ1n) is 5.36. The van der Waals surface area contributed by atoms with Crippen molar-refractivity contribution >= 4 is 27.5 Å². The lowest BCUT2D eigenvalue weighted by Gasteiger charge is -2.05. The van der Waals surface area contributed by atoms with Gasteiger partial charge in [-0.05, 0) is 29.2 Å². The van der Waals surface area contributed by atoms with E-state index >= 15 is 0 Å². The van der Waals surface area contributed by atoms with E-state index in [-0.39, 0.29) is 16.7 Å². The van der Waals surface area contributed by atoms with Crippen LogP contribution in [0.4, 0.5) is 17.5 Å². The number of nitrogen functional groups attached to an aromatic ring is 1. The summed E-state index contributed by atoms with van der Waals surface area (Å²) in [6.07, 6.45) is 0.973. The number of imidazole rings is 1. The van der Waals surface area contributed by atoms with Gasteiger partial charge in [-0.15, -0.1) is 0 Å². The predicted molar refractivity (Wildman–Crippen MR) is 71.5 cm³/mol. The number of rotatable bonds is 4. The summed E-state index contributed by atoms with van der Waals surface area (Å²) in [5.41, 5.74) is 5.90. The SMILES string of the molecule is Cn1c([N+](=O)[O-])cnc1NS(=O)(=O)c1ccc(N)cc1. The maximum Gasteiger partial charge on any atom is 0.344 e. The molecule has 1 aromatic heterocycles. The van der Waals surface area contributed by atoms with E-state index in [1.807, 2.05) is 0 Å². The van der Waals surface area contributed by atoms with Crippen LogP contribution in [0.3, 0.4) is 0 Å². The number of nitrogens with two attached hydrogens (primary N) is 1. The van der Waals surface area contributed by atoms with Gasteiger partial charge in [0.05, 0.1) is 11.9 Å². The predicted octanol–water partition coefficient (Wildman–Crippen LogP) is 0.711. The van der Waals surface area contributed by atoms with Gasteiger partial charge in [0.1, 0.15) is 6.20 Å². The molecule has 0 aliphatic carbocycles. The Labute approximate surface area is 114 Å². The van der Waals surface area contributed by atoms with Gasteiger partial charge in [-0.25, -0.2) is 13.1 Å². The fourth-order valence-corrected chi connectivity index (χ4v) is 2.53. The number of nitro groups is 1. The van der Waals surface area contributed by atoms with Crippen LogP contribution < -0.4 is 10.5 Å².